The molecular weight excluding hydrogens is 340 g/mol. The van der Waals surface area contributed by atoms with Crippen molar-refractivity contribution in [3.63, 3.8) is 0 Å². The van der Waals surface area contributed by atoms with E-state index in [9.17, 15) is 4.79 Å². The van der Waals surface area contributed by atoms with Crippen molar-refractivity contribution < 1.29 is 9.53 Å². The van der Waals surface area contributed by atoms with Gasteiger partial charge >= 0.3 is 6.09 Å². The summed E-state index contributed by atoms with van der Waals surface area (Å²) in [4.78, 5) is 23.9. The largest absolute Gasteiger partial charge is 0.444 e. The fourth-order valence-electron chi connectivity index (χ4n) is 1.71. The van der Waals surface area contributed by atoms with Gasteiger partial charge in [-0.1, -0.05) is 0 Å². The van der Waals surface area contributed by atoms with Gasteiger partial charge in [0, 0.05) is 13.1 Å². The smallest absolute Gasteiger partial charge is 0.407 e. The number of hydrogen-bond donors (Lipinski definition) is 2. The number of imidazole rings is 1. The number of halogens is 1. The minimum atomic E-state index is -0.520. The number of aromatic nitrogens is 4. The Morgan fingerprint density at radius 1 is 1.48 bits per heavy atom. The van der Waals surface area contributed by atoms with Gasteiger partial charge in [-0.25, -0.2) is 19.7 Å². The van der Waals surface area contributed by atoms with Gasteiger partial charge in [0.05, 0.1) is 0 Å². The van der Waals surface area contributed by atoms with Gasteiger partial charge in [-0.15, -0.1) is 0 Å². The number of rotatable bonds is 3. The predicted octanol–water partition coefficient (Wildman–Crippen LogP) is 1.70. The first kappa shape index (κ1) is 15.5. The fourth-order valence-corrected chi connectivity index (χ4v) is 2.23. The van der Waals surface area contributed by atoms with Gasteiger partial charge < -0.3 is 20.4 Å². The summed E-state index contributed by atoms with van der Waals surface area (Å²) in [5.74, 6) is 0.319. The van der Waals surface area contributed by atoms with Crippen molar-refractivity contribution in [1.82, 2.24) is 24.8 Å². The Bertz CT molecular complexity index is 664. The van der Waals surface area contributed by atoms with Crippen LogP contribution in [0.15, 0.2) is 11.1 Å². The molecule has 0 aliphatic carbocycles. The number of fused-ring (bicyclic) bond motifs is 1. The molecule has 0 spiro atoms. The molecule has 2 aromatic rings. The molecule has 2 heterocycles. The summed E-state index contributed by atoms with van der Waals surface area (Å²) >= 11 is 3.34. The SMILES string of the molecule is CC(C)(C)OC(=O)NCCn1c(Br)nc2c(N)ncnc21. The van der Waals surface area contributed by atoms with Crippen LogP contribution >= 0.6 is 15.9 Å². The van der Waals surface area contributed by atoms with E-state index in [4.69, 9.17) is 10.5 Å². The van der Waals surface area contributed by atoms with Crippen LogP contribution in [0.3, 0.4) is 0 Å². The number of hydrogen-bond acceptors (Lipinski definition) is 6. The number of alkyl carbamates (subject to hydrolysis) is 1. The zero-order valence-corrected chi connectivity index (χ0v) is 13.6. The zero-order valence-electron chi connectivity index (χ0n) is 12.1. The minimum Gasteiger partial charge on any atom is -0.444 e. The van der Waals surface area contributed by atoms with Crippen molar-refractivity contribution in [2.75, 3.05) is 12.3 Å². The summed E-state index contributed by atoms with van der Waals surface area (Å²) in [6.07, 6.45) is 0.918. The van der Waals surface area contributed by atoms with Crippen molar-refractivity contribution in [2.24, 2.45) is 0 Å². The maximum Gasteiger partial charge on any atom is 0.407 e. The Kier molecular flexibility index (Phi) is 4.31. The van der Waals surface area contributed by atoms with Crippen LogP contribution in [0, 0.1) is 0 Å². The van der Waals surface area contributed by atoms with Crippen LogP contribution in [-0.4, -0.2) is 37.8 Å². The van der Waals surface area contributed by atoms with Crippen molar-refractivity contribution in [3.8, 4) is 0 Å². The highest BCUT2D eigenvalue weighted by Gasteiger charge is 2.16. The first-order valence-corrected chi connectivity index (χ1v) is 7.16. The van der Waals surface area contributed by atoms with Gasteiger partial charge in [0.15, 0.2) is 21.7 Å². The van der Waals surface area contributed by atoms with Crippen LogP contribution in [0.25, 0.3) is 11.2 Å². The molecule has 0 aliphatic rings. The van der Waals surface area contributed by atoms with Gasteiger partial charge in [-0.2, -0.15) is 0 Å². The van der Waals surface area contributed by atoms with Gasteiger partial charge in [0.25, 0.3) is 0 Å². The van der Waals surface area contributed by atoms with Crippen LogP contribution < -0.4 is 11.1 Å². The topological polar surface area (TPSA) is 108 Å². The highest BCUT2D eigenvalue weighted by molar-refractivity contribution is 9.10. The molecule has 21 heavy (non-hydrogen) atoms. The number of carbonyl (C=O) groups is 1. The summed E-state index contributed by atoms with van der Waals surface area (Å²) in [7, 11) is 0. The Balaban J connectivity index is 2.03. The number of anilines is 1. The highest BCUT2D eigenvalue weighted by atomic mass is 79.9. The average molecular weight is 357 g/mol. The molecule has 0 saturated heterocycles. The lowest BCUT2D eigenvalue weighted by Crippen LogP contribution is -2.34. The highest BCUT2D eigenvalue weighted by Crippen LogP contribution is 2.20. The third-order valence-corrected chi connectivity index (χ3v) is 3.12. The number of nitrogens with zero attached hydrogens (tertiary/aromatic N) is 4. The van der Waals surface area contributed by atoms with E-state index in [2.05, 4.69) is 36.2 Å². The molecule has 1 amide bonds. The zero-order chi connectivity index (χ0) is 15.6. The number of nitrogen functional groups attached to an aromatic ring is 1. The van der Waals surface area contributed by atoms with Crippen molar-refractivity contribution >= 4 is 39.0 Å². The number of nitrogens with one attached hydrogen (secondary N) is 1. The Morgan fingerprint density at radius 2 is 2.19 bits per heavy atom. The molecule has 0 radical (unpaired) electrons. The molecular formula is C12H17BrN6O2. The second kappa shape index (κ2) is 5.84. The van der Waals surface area contributed by atoms with Crippen molar-refractivity contribution in [2.45, 2.75) is 32.9 Å². The molecule has 3 N–H and O–H groups in total. The molecule has 0 aliphatic heterocycles. The molecule has 2 rings (SSSR count). The molecule has 9 heteroatoms. The standard InChI is InChI=1S/C12H17BrN6O2/c1-12(2,3)21-11(20)15-4-5-19-9-7(18-10(19)13)8(14)16-6-17-9/h6H,4-5H2,1-3H3,(H,15,20)(H2,14,16,17). The first-order valence-electron chi connectivity index (χ1n) is 6.37. The van der Waals surface area contributed by atoms with Crippen LogP contribution in [0.2, 0.25) is 0 Å². The van der Waals surface area contributed by atoms with E-state index >= 15 is 0 Å². The summed E-state index contributed by atoms with van der Waals surface area (Å²) in [6, 6.07) is 0. The monoisotopic (exact) mass is 356 g/mol. The number of carbonyl (C=O) groups excluding carboxylic acids is 1. The van der Waals surface area contributed by atoms with E-state index < -0.39 is 11.7 Å². The van der Waals surface area contributed by atoms with Crippen LogP contribution in [-0.2, 0) is 11.3 Å². The maximum absolute atomic E-state index is 11.6. The second-order valence-corrected chi connectivity index (χ2v) is 6.10. The molecule has 0 bridgehead atoms. The normalized spacial score (nSPS) is 11.6. The Hall–Kier alpha value is -1.90. The molecule has 114 valence electrons. The fraction of sp³-hybridized carbons (Fsp3) is 0.500. The lowest BCUT2D eigenvalue weighted by atomic mass is 10.2. The third kappa shape index (κ3) is 3.81. The van der Waals surface area contributed by atoms with E-state index in [0.717, 1.165) is 0 Å². The number of ether oxygens (including phenoxy) is 1. The Morgan fingerprint density at radius 3 is 2.86 bits per heavy atom. The van der Waals surface area contributed by atoms with E-state index in [1.807, 2.05) is 20.8 Å². The van der Waals surface area contributed by atoms with E-state index in [0.29, 0.717) is 34.8 Å². The van der Waals surface area contributed by atoms with Gasteiger partial charge in [-0.05, 0) is 36.7 Å². The molecule has 0 aromatic carbocycles. The molecule has 0 unspecified atom stereocenters. The van der Waals surface area contributed by atoms with Crippen LogP contribution in [0.1, 0.15) is 20.8 Å². The maximum atomic E-state index is 11.6. The molecule has 2 aromatic heterocycles. The second-order valence-electron chi connectivity index (χ2n) is 5.39. The third-order valence-electron chi connectivity index (χ3n) is 2.52. The predicted molar refractivity (Wildman–Crippen MR) is 81.7 cm³/mol. The quantitative estimate of drug-likeness (QED) is 0.810. The molecule has 0 atom stereocenters. The van der Waals surface area contributed by atoms with Gasteiger partial charge in [0.1, 0.15) is 11.9 Å². The lowest BCUT2D eigenvalue weighted by molar-refractivity contribution is 0.0526. The molecule has 0 saturated carbocycles. The van der Waals surface area contributed by atoms with Gasteiger partial charge in [0.2, 0.25) is 0 Å². The molecule has 0 fully saturated rings. The summed E-state index contributed by atoms with van der Waals surface area (Å²) in [5, 5.41) is 2.68. The minimum absolute atomic E-state index is 0.319. The summed E-state index contributed by atoms with van der Waals surface area (Å²) in [5.41, 5.74) is 6.37. The summed E-state index contributed by atoms with van der Waals surface area (Å²) < 4.78 is 7.54. The summed E-state index contributed by atoms with van der Waals surface area (Å²) in [6.45, 7) is 6.29. The van der Waals surface area contributed by atoms with E-state index in [1.54, 1.807) is 4.57 Å². The number of amides is 1. The lowest BCUT2D eigenvalue weighted by Gasteiger charge is -2.19. The molecule has 8 nitrogen and oxygen atoms in total. The van der Waals surface area contributed by atoms with Crippen LogP contribution in [0.4, 0.5) is 10.6 Å². The van der Waals surface area contributed by atoms with Crippen LogP contribution in [0.5, 0.6) is 0 Å². The van der Waals surface area contributed by atoms with E-state index in [1.165, 1.54) is 6.33 Å². The van der Waals surface area contributed by atoms with Gasteiger partial charge in [-0.3, -0.25) is 0 Å². The Labute approximate surface area is 130 Å². The van der Waals surface area contributed by atoms with Crippen molar-refractivity contribution in [3.05, 3.63) is 11.1 Å². The first-order chi connectivity index (χ1) is 9.78. The van der Waals surface area contributed by atoms with Crippen molar-refractivity contribution in [1.29, 1.82) is 0 Å². The average Bonchev–Trinajstić information content (AvgIpc) is 2.66. The number of nitrogens with two attached hydrogens (primary N) is 1. The van der Waals surface area contributed by atoms with E-state index in [-0.39, 0.29) is 0 Å².